The van der Waals surface area contributed by atoms with E-state index in [2.05, 4.69) is 14.8 Å². The van der Waals surface area contributed by atoms with Gasteiger partial charge in [-0.15, -0.1) is 0 Å². The van der Waals surface area contributed by atoms with Crippen LogP contribution in [0.5, 0.6) is 5.75 Å². The van der Waals surface area contributed by atoms with Crippen molar-refractivity contribution < 1.29 is 15.0 Å². The molecule has 2 saturated heterocycles. The molecule has 2 N–H and O–H groups in total. The molecule has 0 spiro atoms. The van der Waals surface area contributed by atoms with Crippen molar-refractivity contribution in [1.82, 2.24) is 9.88 Å². The van der Waals surface area contributed by atoms with Crippen LogP contribution in [-0.2, 0) is 6.61 Å². The van der Waals surface area contributed by atoms with Gasteiger partial charge in [-0.3, -0.25) is 9.78 Å². The van der Waals surface area contributed by atoms with Crippen LogP contribution in [0.15, 0.2) is 36.5 Å². The molecule has 0 amide bonds. The number of aromatic hydroxyl groups is 1. The highest BCUT2D eigenvalue weighted by atomic mass is 35.5. The van der Waals surface area contributed by atoms with Gasteiger partial charge in [0.25, 0.3) is 0 Å². The van der Waals surface area contributed by atoms with E-state index in [0.29, 0.717) is 17.0 Å². The molecule has 0 unspecified atom stereocenters. The molecule has 35 heavy (non-hydrogen) atoms. The minimum absolute atomic E-state index is 0.00855. The minimum atomic E-state index is -0.305. The smallest absolute Gasteiger partial charge is 0.163 e. The number of pyridine rings is 1. The van der Waals surface area contributed by atoms with Crippen LogP contribution in [0.1, 0.15) is 48.5 Å². The molecule has 3 aromatic rings. The summed E-state index contributed by atoms with van der Waals surface area (Å²) in [4.78, 5) is 22.2. The van der Waals surface area contributed by atoms with Crippen molar-refractivity contribution in [1.29, 1.82) is 0 Å². The summed E-state index contributed by atoms with van der Waals surface area (Å²) in [7, 11) is 0. The molecule has 7 heteroatoms. The number of aromatic nitrogens is 1. The summed E-state index contributed by atoms with van der Waals surface area (Å²) in [5.74, 6) is 0.607. The van der Waals surface area contributed by atoms with Gasteiger partial charge >= 0.3 is 0 Å². The summed E-state index contributed by atoms with van der Waals surface area (Å²) in [6.45, 7) is 6.77. The second kappa shape index (κ2) is 10.1. The highest BCUT2D eigenvalue weighted by Crippen LogP contribution is 2.38. The Morgan fingerprint density at radius 2 is 1.83 bits per heavy atom. The van der Waals surface area contributed by atoms with Crippen LogP contribution in [-0.4, -0.2) is 58.6 Å². The third-order valence-electron chi connectivity index (χ3n) is 7.51. The van der Waals surface area contributed by atoms with E-state index in [0.717, 1.165) is 53.6 Å². The first-order valence-electron chi connectivity index (χ1n) is 12.5. The Bertz CT molecular complexity index is 1250. The average Bonchev–Trinajstić information content (AvgIpc) is 3.38. The van der Waals surface area contributed by atoms with Gasteiger partial charge in [0.1, 0.15) is 5.75 Å². The molecule has 184 valence electrons. The van der Waals surface area contributed by atoms with E-state index in [-0.39, 0.29) is 23.2 Å². The SMILES string of the molecule is CC(=O)c1cnc2ccc(-c3cc(Cl)c(O)c(CO)c3)cc2c1N1CCC(CN2CCCC2)CC1. The van der Waals surface area contributed by atoms with Crippen LogP contribution in [0.4, 0.5) is 5.69 Å². The molecular weight excluding hydrogens is 462 g/mol. The number of fused-ring (bicyclic) bond motifs is 1. The number of benzene rings is 2. The van der Waals surface area contributed by atoms with E-state index >= 15 is 0 Å². The lowest BCUT2D eigenvalue weighted by atomic mass is 9.93. The zero-order valence-corrected chi connectivity index (χ0v) is 20.9. The van der Waals surface area contributed by atoms with E-state index in [4.69, 9.17) is 11.6 Å². The molecule has 0 atom stereocenters. The predicted molar refractivity (Wildman–Crippen MR) is 140 cm³/mol. The molecule has 3 heterocycles. The maximum absolute atomic E-state index is 12.6. The number of halogens is 1. The number of hydrogen-bond acceptors (Lipinski definition) is 6. The molecule has 1 aromatic heterocycles. The fourth-order valence-corrected chi connectivity index (χ4v) is 5.81. The molecule has 6 nitrogen and oxygen atoms in total. The summed E-state index contributed by atoms with van der Waals surface area (Å²) in [5.41, 5.74) is 4.50. The number of rotatable bonds is 6. The van der Waals surface area contributed by atoms with Crippen molar-refractivity contribution in [3.63, 3.8) is 0 Å². The quantitative estimate of drug-likeness (QED) is 0.456. The topological polar surface area (TPSA) is 76.9 Å². The summed E-state index contributed by atoms with van der Waals surface area (Å²) in [6, 6.07) is 9.40. The molecule has 2 aliphatic heterocycles. The zero-order chi connectivity index (χ0) is 24.5. The van der Waals surface area contributed by atoms with Crippen molar-refractivity contribution in [3.8, 4) is 16.9 Å². The Morgan fingerprint density at radius 3 is 2.51 bits per heavy atom. The van der Waals surface area contributed by atoms with Crippen LogP contribution in [0.25, 0.3) is 22.0 Å². The molecule has 0 bridgehead atoms. The molecule has 0 saturated carbocycles. The second-order valence-electron chi connectivity index (χ2n) is 9.87. The van der Waals surface area contributed by atoms with Gasteiger partial charge in [0.05, 0.1) is 28.4 Å². The van der Waals surface area contributed by atoms with E-state index in [9.17, 15) is 15.0 Å². The molecule has 2 aromatic carbocycles. The first-order valence-corrected chi connectivity index (χ1v) is 12.9. The molecule has 5 rings (SSSR count). The van der Waals surface area contributed by atoms with Crippen molar-refractivity contribution in [2.45, 2.75) is 39.2 Å². The molecule has 0 aliphatic carbocycles. The maximum Gasteiger partial charge on any atom is 0.163 e. The Morgan fingerprint density at radius 1 is 1.09 bits per heavy atom. The number of piperidine rings is 1. The Balaban J connectivity index is 1.51. The van der Waals surface area contributed by atoms with Crippen molar-refractivity contribution in [2.75, 3.05) is 37.6 Å². The van der Waals surface area contributed by atoms with Gasteiger partial charge in [0, 0.05) is 36.8 Å². The zero-order valence-electron chi connectivity index (χ0n) is 20.1. The van der Waals surface area contributed by atoms with Gasteiger partial charge in [-0.2, -0.15) is 0 Å². The molecule has 2 aliphatic rings. The van der Waals surface area contributed by atoms with Crippen LogP contribution in [0, 0.1) is 5.92 Å². The van der Waals surface area contributed by atoms with Gasteiger partial charge in [0.15, 0.2) is 5.78 Å². The standard InChI is InChI=1S/C28H32ClN3O3/c1-18(34)24-15-30-26-5-4-20(21-12-22(17-33)28(35)25(29)14-21)13-23(26)27(24)32-10-6-19(7-11-32)16-31-8-2-3-9-31/h4-5,12-15,19,33,35H,2-3,6-11,16-17H2,1H3. The van der Waals surface area contributed by atoms with E-state index in [1.807, 2.05) is 18.2 Å². The Kier molecular flexibility index (Phi) is 6.96. The van der Waals surface area contributed by atoms with Crippen LogP contribution >= 0.6 is 11.6 Å². The highest BCUT2D eigenvalue weighted by molar-refractivity contribution is 6.32. The number of aliphatic hydroxyl groups is 1. The fourth-order valence-electron chi connectivity index (χ4n) is 5.57. The first-order chi connectivity index (χ1) is 16.9. The normalized spacial score (nSPS) is 17.4. The largest absolute Gasteiger partial charge is 0.506 e. The summed E-state index contributed by atoms with van der Waals surface area (Å²) < 4.78 is 0. The number of hydrogen-bond donors (Lipinski definition) is 2. The summed E-state index contributed by atoms with van der Waals surface area (Å²) in [5, 5.41) is 20.9. The van der Waals surface area contributed by atoms with E-state index < -0.39 is 0 Å². The average molecular weight is 494 g/mol. The lowest BCUT2D eigenvalue weighted by molar-refractivity contribution is 0.101. The number of anilines is 1. The monoisotopic (exact) mass is 493 g/mol. The van der Waals surface area contributed by atoms with Gasteiger partial charge in [-0.05, 0) is 87.0 Å². The lowest BCUT2D eigenvalue weighted by Gasteiger charge is -2.36. The third-order valence-corrected chi connectivity index (χ3v) is 7.80. The Hall–Kier alpha value is -2.67. The second-order valence-corrected chi connectivity index (χ2v) is 10.3. The fraction of sp³-hybridized carbons (Fsp3) is 0.429. The number of likely N-dealkylation sites (tertiary alicyclic amines) is 1. The van der Waals surface area contributed by atoms with Crippen molar-refractivity contribution in [2.24, 2.45) is 5.92 Å². The molecular formula is C28H32ClN3O3. The number of carbonyl (C=O) groups is 1. The first kappa shape index (κ1) is 24.0. The number of carbonyl (C=O) groups excluding carboxylic acids is 1. The third kappa shape index (κ3) is 4.88. The summed E-state index contributed by atoms with van der Waals surface area (Å²) >= 11 is 6.23. The Labute approximate surface area is 211 Å². The number of nitrogens with zero attached hydrogens (tertiary/aromatic N) is 3. The van der Waals surface area contributed by atoms with E-state index in [1.165, 1.54) is 32.5 Å². The van der Waals surface area contributed by atoms with Gasteiger partial charge in [0.2, 0.25) is 0 Å². The van der Waals surface area contributed by atoms with Crippen molar-refractivity contribution in [3.05, 3.63) is 52.7 Å². The lowest BCUT2D eigenvalue weighted by Crippen LogP contribution is -2.38. The van der Waals surface area contributed by atoms with Gasteiger partial charge in [-0.25, -0.2) is 0 Å². The van der Waals surface area contributed by atoms with Crippen molar-refractivity contribution >= 4 is 34.0 Å². The number of phenols is 1. The number of ketones is 1. The maximum atomic E-state index is 12.6. The van der Waals surface area contributed by atoms with Crippen LogP contribution in [0.3, 0.4) is 0 Å². The molecule has 2 fully saturated rings. The predicted octanol–water partition coefficient (Wildman–Crippen LogP) is 5.27. The van der Waals surface area contributed by atoms with Gasteiger partial charge < -0.3 is 20.0 Å². The van der Waals surface area contributed by atoms with Crippen LogP contribution < -0.4 is 4.90 Å². The minimum Gasteiger partial charge on any atom is -0.506 e. The number of aliphatic hydroxyl groups excluding tert-OH is 1. The number of Topliss-reactive ketones (excluding diaryl/α,β-unsaturated/α-hetero) is 1. The van der Waals surface area contributed by atoms with E-state index in [1.54, 1.807) is 25.3 Å². The molecule has 0 radical (unpaired) electrons. The van der Waals surface area contributed by atoms with Crippen LogP contribution in [0.2, 0.25) is 5.02 Å². The highest BCUT2D eigenvalue weighted by Gasteiger charge is 2.26. The summed E-state index contributed by atoms with van der Waals surface area (Å²) in [6.07, 6.45) is 6.57. The van der Waals surface area contributed by atoms with Gasteiger partial charge in [-0.1, -0.05) is 17.7 Å².